The van der Waals surface area contributed by atoms with Crippen molar-refractivity contribution in [3.63, 3.8) is 0 Å². The molecule has 158 valence electrons. The van der Waals surface area contributed by atoms with Gasteiger partial charge in [-0.2, -0.15) is 0 Å². The summed E-state index contributed by atoms with van der Waals surface area (Å²) in [6.45, 7) is 4.13. The lowest BCUT2D eigenvalue weighted by Crippen LogP contribution is -2.24. The van der Waals surface area contributed by atoms with Gasteiger partial charge < -0.3 is 19.4 Å². The number of nitrogens with zero attached hydrogens (tertiary/aromatic N) is 2. The first-order valence-electron chi connectivity index (χ1n) is 10.0. The van der Waals surface area contributed by atoms with E-state index in [0.29, 0.717) is 35.1 Å². The number of hydrogen-bond donors (Lipinski definition) is 2. The molecule has 0 saturated carbocycles. The third-order valence-electron chi connectivity index (χ3n) is 5.43. The second-order valence-electron chi connectivity index (χ2n) is 7.47. The highest BCUT2D eigenvalue weighted by molar-refractivity contribution is 5.93. The van der Waals surface area contributed by atoms with Gasteiger partial charge in [-0.15, -0.1) is 0 Å². The van der Waals surface area contributed by atoms with Crippen LogP contribution in [0.25, 0.3) is 28.1 Å². The van der Waals surface area contributed by atoms with Crippen LogP contribution >= 0.6 is 0 Å². The maximum atomic E-state index is 12.6. The Kier molecular flexibility index (Phi) is 5.33. The van der Waals surface area contributed by atoms with Crippen molar-refractivity contribution in [2.75, 3.05) is 7.05 Å². The Morgan fingerprint density at radius 2 is 2.06 bits per heavy atom. The highest BCUT2D eigenvalue weighted by atomic mass is 16.3. The van der Waals surface area contributed by atoms with Crippen LogP contribution in [-0.4, -0.2) is 32.9 Å². The van der Waals surface area contributed by atoms with Gasteiger partial charge in [-0.3, -0.25) is 9.59 Å². The van der Waals surface area contributed by atoms with Gasteiger partial charge in [-0.25, -0.2) is 4.98 Å². The number of furan rings is 1. The number of aryl methyl sites for hydroxylation is 1. The molecule has 2 N–H and O–H groups in total. The largest absolute Gasteiger partial charge is 0.507 e. The zero-order valence-electron chi connectivity index (χ0n) is 17.6. The minimum Gasteiger partial charge on any atom is -0.507 e. The first-order valence-corrected chi connectivity index (χ1v) is 10.0. The zero-order chi connectivity index (χ0) is 22.1. The Morgan fingerprint density at radius 1 is 1.29 bits per heavy atom. The van der Waals surface area contributed by atoms with E-state index in [1.54, 1.807) is 31.0 Å². The zero-order valence-corrected chi connectivity index (χ0v) is 17.6. The molecule has 3 aromatic heterocycles. The molecule has 0 aliphatic heterocycles. The van der Waals surface area contributed by atoms with Crippen molar-refractivity contribution in [1.29, 1.82) is 0 Å². The predicted molar refractivity (Wildman–Crippen MR) is 120 cm³/mol. The van der Waals surface area contributed by atoms with E-state index in [2.05, 4.69) is 9.97 Å². The van der Waals surface area contributed by atoms with E-state index >= 15 is 0 Å². The van der Waals surface area contributed by atoms with Crippen LogP contribution in [0.3, 0.4) is 0 Å². The average molecular weight is 417 g/mol. The van der Waals surface area contributed by atoms with Crippen molar-refractivity contribution < 1.29 is 14.3 Å². The van der Waals surface area contributed by atoms with E-state index in [9.17, 15) is 14.7 Å². The van der Waals surface area contributed by atoms with Crippen molar-refractivity contribution in [1.82, 2.24) is 14.9 Å². The van der Waals surface area contributed by atoms with Crippen LogP contribution in [0, 0.1) is 6.92 Å². The third kappa shape index (κ3) is 3.82. The minimum atomic E-state index is -0.346. The van der Waals surface area contributed by atoms with Gasteiger partial charge in [-0.1, -0.05) is 25.1 Å². The fraction of sp³-hybridized carbons (Fsp3) is 0.208. The topological polar surface area (TPSA) is 99.4 Å². The van der Waals surface area contributed by atoms with Crippen LogP contribution in [0.5, 0.6) is 5.75 Å². The van der Waals surface area contributed by atoms with Crippen molar-refractivity contribution in [3.05, 3.63) is 75.4 Å². The number of para-hydroxylation sites is 1. The van der Waals surface area contributed by atoms with Gasteiger partial charge in [0.2, 0.25) is 5.91 Å². The van der Waals surface area contributed by atoms with E-state index in [0.717, 1.165) is 22.3 Å². The van der Waals surface area contributed by atoms with Crippen molar-refractivity contribution in [2.45, 2.75) is 26.8 Å². The van der Waals surface area contributed by atoms with E-state index in [4.69, 9.17) is 4.42 Å². The maximum absolute atomic E-state index is 12.6. The molecule has 0 bridgehead atoms. The molecule has 0 fully saturated rings. The number of likely N-dealkylation sites (N-methyl/N-ethyl adjacent to an activating group) is 1. The van der Waals surface area contributed by atoms with Crippen molar-refractivity contribution >= 4 is 34.0 Å². The number of carbonyl (C=O) groups excluding carboxylic acids is 1. The molecule has 1 amide bonds. The number of amides is 1. The first kappa shape index (κ1) is 20.4. The van der Waals surface area contributed by atoms with E-state index in [-0.39, 0.29) is 17.2 Å². The standard InChI is InChI=1S/C24H23N3O4/c1-4-16-22(29)18-11-15(12-25-23(18)26-24(16)30)9-10-21(28)27(3)13-20-14(2)17-7-5-6-8-19(17)31-20/h5-12H,4,13H2,1-3H3,(H2,25,26,29,30). The summed E-state index contributed by atoms with van der Waals surface area (Å²) >= 11 is 0. The van der Waals surface area contributed by atoms with Gasteiger partial charge in [-0.05, 0) is 37.1 Å². The van der Waals surface area contributed by atoms with Crippen LogP contribution in [0.1, 0.15) is 29.4 Å². The van der Waals surface area contributed by atoms with Gasteiger partial charge in [0.15, 0.2) is 0 Å². The molecule has 7 heteroatoms. The number of fused-ring (bicyclic) bond motifs is 2. The Balaban J connectivity index is 1.54. The highest BCUT2D eigenvalue weighted by Crippen LogP contribution is 2.26. The Morgan fingerprint density at radius 3 is 2.81 bits per heavy atom. The number of H-pyrrole nitrogens is 1. The Bertz CT molecular complexity index is 1380. The molecule has 3 heterocycles. The molecule has 0 unspecified atom stereocenters. The van der Waals surface area contributed by atoms with Crippen molar-refractivity contribution in [2.24, 2.45) is 0 Å². The number of nitrogens with one attached hydrogen (secondary N) is 1. The molecular formula is C24H23N3O4. The summed E-state index contributed by atoms with van der Waals surface area (Å²) in [6.07, 6.45) is 5.02. The molecule has 31 heavy (non-hydrogen) atoms. The molecule has 4 rings (SSSR count). The van der Waals surface area contributed by atoms with Gasteiger partial charge in [0.05, 0.1) is 17.5 Å². The molecule has 1 aromatic carbocycles. The minimum absolute atomic E-state index is 0.0761. The van der Waals surface area contributed by atoms with Gasteiger partial charge in [0.25, 0.3) is 5.56 Å². The van der Waals surface area contributed by atoms with Crippen LogP contribution in [0.2, 0.25) is 0 Å². The maximum Gasteiger partial charge on any atom is 0.256 e. The van der Waals surface area contributed by atoms with Gasteiger partial charge in [0, 0.05) is 30.3 Å². The van der Waals surface area contributed by atoms with Crippen LogP contribution in [0.4, 0.5) is 0 Å². The molecule has 0 aliphatic rings. The Labute approximate surface area is 178 Å². The molecule has 0 radical (unpaired) electrons. The van der Waals surface area contributed by atoms with Gasteiger partial charge in [0.1, 0.15) is 22.7 Å². The summed E-state index contributed by atoms with van der Waals surface area (Å²) in [5.41, 5.74) is 2.74. The number of carbonyl (C=O) groups is 1. The van der Waals surface area contributed by atoms with Crippen LogP contribution in [0.15, 0.2) is 51.8 Å². The monoisotopic (exact) mass is 417 g/mol. The van der Waals surface area contributed by atoms with E-state index in [1.807, 2.05) is 31.2 Å². The lowest BCUT2D eigenvalue weighted by Gasteiger charge is -2.13. The summed E-state index contributed by atoms with van der Waals surface area (Å²) in [5, 5.41) is 11.9. The number of pyridine rings is 2. The SMILES string of the molecule is CCc1c(O)c2cc(C=CC(=O)N(C)Cc3oc4ccccc4c3C)cnc2[nH]c1=O. The number of aromatic amines is 1. The smallest absolute Gasteiger partial charge is 0.256 e. The molecule has 7 nitrogen and oxygen atoms in total. The summed E-state index contributed by atoms with van der Waals surface area (Å²) in [7, 11) is 1.71. The molecule has 0 saturated heterocycles. The molecule has 0 atom stereocenters. The fourth-order valence-corrected chi connectivity index (χ4v) is 3.60. The fourth-order valence-electron chi connectivity index (χ4n) is 3.60. The normalized spacial score (nSPS) is 11.6. The summed E-state index contributed by atoms with van der Waals surface area (Å²) in [5.74, 6) is 0.478. The first-order chi connectivity index (χ1) is 14.9. The van der Waals surface area contributed by atoms with Crippen LogP contribution in [-0.2, 0) is 17.8 Å². The summed E-state index contributed by atoms with van der Waals surface area (Å²) in [4.78, 5) is 33.0. The lowest BCUT2D eigenvalue weighted by atomic mass is 10.1. The van der Waals surface area contributed by atoms with Crippen molar-refractivity contribution in [3.8, 4) is 5.75 Å². The number of aromatic nitrogens is 2. The van der Waals surface area contributed by atoms with E-state index in [1.165, 1.54) is 12.3 Å². The molecule has 4 aromatic rings. The molecular weight excluding hydrogens is 394 g/mol. The molecule has 0 spiro atoms. The van der Waals surface area contributed by atoms with Crippen LogP contribution < -0.4 is 5.56 Å². The second-order valence-corrected chi connectivity index (χ2v) is 7.47. The molecule has 0 aliphatic carbocycles. The average Bonchev–Trinajstić information content (AvgIpc) is 3.08. The van der Waals surface area contributed by atoms with E-state index < -0.39 is 0 Å². The highest BCUT2D eigenvalue weighted by Gasteiger charge is 2.15. The lowest BCUT2D eigenvalue weighted by molar-refractivity contribution is -0.125. The summed E-state index contributed by atoms with van der Waals surface area (Å²) in [6, 6.07) is 9.48. The summed E-state index contributed by atoms with van der Waals surface area (Å²) < 4.78 is 5.89. The third-order valence-corrected chi connectivity index (χ3v) is 5.43. The number of rotatable bonds is 5. The number of benzene rings is 1. The number of hydrogen-bond acceptors (Lipinski definition) is 5. The number of aromatic hydroxyl groups is 1. The quantitative estimate of drug-likeness (QED) is 0.480. The predicted octanol–water partition coefficient (Wildman–Crippen LogP) is 3.92. The second kappa shape index (κ2) is 8.10. The van der Waals surface area contributed by atoms with Gasteiger partial charge >= 0.3 is 0 Å². The Hall–Kier alpha value is -3.87.